The summed E-state index contributed by atoms with van der Waals surface area (Å²) in [6.07, 6.45) is 3.73. The Morgan fingerprint density at radius 2 is 2.07 bits per heavy atom. The van der Waals surface area contributed by atoms with E-state index in [2.05, 4.69) is 17.2 Å². The molecule has 9 heteroatoms. The summed E-state index contributed by atoms with van der Waals surface area (Å²) < 4.78 is 5.15. The van der Waals surface area contributed by atoms with Crippen molar-refractivity contribution in [2.24, 2.45) is 5.92 Å². The van der Waals surface area contributed by atoms with E-state index in [9.17, 15) is 14.4 Å². The summed E-state index contributed by atoms with van der Waals surface area (Å²) in [7, 11) is 0. The van der Waals surface area contributed by atoms with Gasteiger partial charge in [-0.3, -0.25) is 14.4 Å². The number of piperidine rings is 1. The Balaban J connectivity index is 1.53. The highest BCUT2D eigenvalue weighted by Gasteiger charge is 2.24. The molecule has 3 heterocycles. The number of nitrogens with zero attached hydrogens (tertiary/aromatic N) is 3. The van der Waals surface area contributed by atoms with E-state index in [0.29, 0.717) is 16.7 Å². The van der Waals surface area contributed by atoms with E-state index in [1.54, 1.807) is 17.5 Å². The monoisotopic (exact) mass is 432 g/mol. The van der Waals surface area contributed by atoms with Crippen LogP contribution in [0.15, 0.2) is 28.2 Å². The maximum Gasteiger partial charge on any atom is 0.290 e. The van der Waals surface area contributed by atoms with E-state index in [4.69, 9.17) is 4.42 Å². The average Bonchev–Trinajstić information content (AvgIpc) is 3.38. The molecule has 2 aromatic heterocycles. The summed E-state index contributed by atoms with van der Waals surface area (Å²) in [5, 5.41) is 4.93. The van der Waals surface area contributed by atoms with Gasteiger partial charge in [-0.2, -0.15) is 0 Å². The third-order valence-corrected chi connectivity index (χ3v) is 6.00. The molecule has 30 heavy (non-hydrogen) atoms. The number of likely N-dealkylation sites (tertiary alicyclic amines) is 1. The van der Waals surface area contributed by atoms with Crippen molar-refractivity contribution in [1.29, 1.82) is 0 Å². The molecule has 8 nitrogen and oxygen atoms in total. The summed E-state index contributed by atoms with van der Waals surface area (Å²) in [5.74, 6) is 0.242. The van der Waals surface area contributed by atoms with E-state index in [0.717, 1.165) is 25.9 Å². The van der Waals surface area contributed by atoms with Crippen LogP contribution in [0.2, 0.25) is 0 Å². The largest absolute Gasteiger partial charge is 0.459 e. The highest BCUT2D eigenvalue weighted by Crippen LogP contribution is 2.20. The van der Waals surface area contributed by atoms with Crippen LogP contribution in [0, 0.1) is 5.92 Å². The van der Waals surface area contributed by atoms with Crippen molar-refractivity contribution >= 4 is 34.2 Å². The lowest BCUT2D eigenvalue weighted by molar-refractivity contribution is -0.131. The average molecular weight is 433 g/mol. The zero-order chi connectivity index (χ0) is 21.7. The fraction of sp³-hybridized carbons (Fsp3) is 0.524. The quantitative estimate of drug-likeness (QED) is 0.726. The molecule has 1 aliphatic heterocycles. The molecule has 1 N–H and O–H groups in total. The Labute approximate surface area is 180 Å². The van der Waals surface area contributed by atoms with Crippen LogP contribution in [0.1, 0.15) is 49.9 Å². The van der Waals surface area contributed by atoms with Crippen LogP contribution in [-0.2, 0) is 16.0 Å². The number of amides is 3. The number of hydrogen-bond donors (Lipinski definition) is 1. The first-order valence-electron chi connectivity index (χ1n) is 10.2. The normalized spacial score (nSPS) is 14.7. The third kappa shape index (κ3) is 5.69. The highest BCUT2D eigenvalue weighted by atomic mass is 32.1. The van der Waals surface area contributed by atoms with E-state index in [-0.39, 0.29) is 42.5 Å². The van der Waals surface area contributed by atoms with Gasteiger partial charge in [0.25, 0.3) is 5.91 Å². The highest BCUT2D eigenvalue weighted by molar-refractivity contribution is 7.13. The van der Waals surface area contributed by atoms with Crippen molar-refractivity contribution in [3.63, 3.8) is 0 Å². The van der Waals surface area contributed by atoms with Crippen molar-refractivity contribution in [1.82, 2.24) is 14.8 Å². The van der Waals surface area contributed by atoms with Crippen molar-refractivity contribution in [3.8, 4) is 0 Å². The van der Waals surface area contributed by atoms with Gasteiger partial charge in [0.15, 0.2) is 10.9 Å². The summed E-state index contributed by atoms with van der Waals surface area (Å²) in [5.41, 5.74) is 0.645. The molecule has 0 aliphatic carbocycles. The van der Waals surface area contributed by atoms with Gasteiger partial charge < -0.3 is 19.5 Å². The maximum absolute atomic E-state index is 12.5. The van der Waals surface area contributed by atoms with Crippen LogP contribution in [0.3, 0.4) is 0 Å². The van der Waals surface area contributed by atoms with Gasteiger partial charge in [-0.15, -0.1) is 11.3 Å². The number of rotatable bonds is 7. The predicted molar refractivity (Wildman–Crippen MR) is 114 cm³/mol. The van der Waals surface area contributed by atoms with E-state index in [1.807, 2.05) is 18.7 Å². The minimum absolute atomic E-state index is 0.0695. The zero-order valence-electron chi connectivity index (χ0n) is 17.6. The second-order valence-electron chi connectivity index (χ2n) is 7.94. The fourth-order valence-corrected chi connectivity index (χ4v) is 4.04. The SMILES string of the molecule is CC1CCN(C(=O)Cc2csc(NC(=O)CN(C(=O)c3ccco3)C(C)C)n2)CC1. The number of hydrogen-bond acceptors (Lipinski definition) is 6. The molecule has 0 radical (unpaired) electrons. The van der Waals surface area contributed by atoms with Gasteiger partial charge in [0.2, 0.25) is 11.8 Å². The topological polar surface area (TPSA) is 95.8 Å². The Kier molecular flexibility index (Phi) is 7.25. The summed E-state index contributed by atoms with van der Waals surface area (Å²) in [6.45, 7) is 7.35. The molecule has 1 fully saturated rings. The molecule has 1 aliphatic rings. The maximum atomic E-state index is 12.5. The van der Waals surface area contributed by atoms with Crippen molar-refractivity contribution in [2.75, 3.05) is 25.0 Å². The van der Waals surface area contributed by atoms with E-state index < -0.39 is 0 Å². The second kappa shape index (κ2) is 9.88. The van der Waals surface area contributed by atoms with Crippen LogP contribution in [-0.4, -0.2) is 58.2 Å². The van der Waals surface area contributed by atoms with Gasteiger partial charge in [0, 0.05) is 24.5 Å². The van der Waals surface area contributed by atoms with Gasteiger partial charge in [0.1, 0.15) is 6.54 Å². The Morgan fingerprint density at radius 3 is 2.70 bits per heavy atom. The predicted octanol–water partition coefficient (Wildman–Crippen LogP) is 3.03. The first-order valence-corrected chi connectivity index (χ1v) is 11.1. The standard InChI is InChI=1S/C21H28N4O4S/c1-14(2)25(20(28)17-5-4-10-29-17)12-18(26)23-21-22-16(13-30-21)11-19(27)24-8-6-15(3)7-9-24/h4-5,10,13-15H,6-9,11-12H2,1-3H3,(H,22,23,26). The molecule has 0 bridgehead atoms. The van der Waals surface area contributed by atoms with Crippen LogP contribution >= 0.6 is 11.3 Å². The third-order valence-electron chi connectivity index (χ3n) is 5.20. The molecule has 0 aromatic carbocycles. The van der Waals surface area contributed by atoms with Crippen molar-refractivity contribution in [2.45, 2.75) is 46.1 Å². The first kappa shape index (κ1) is 22.0. The number of carbonyl (C=O) groups excluding carboxylic acids is 3. The lowest BCUT2D eigenvalue weighted by Crippen LogP contribution is -2.42. The van der Waals surface area contributed by atoms with Gasteiger partial charge in [0.05, 0.1) is 18.4 Å². The smallest absolute Gasteiger partial charge is 0.290 e. The van der Waals surface area contributed by atoms with Gasteiger partial charge in [-0.05, 0) is 44.7 Å². The number of nitrogens with one attached hydrogen (secondary N) is 1. The Bertz CT molecular complexity index is 869. The molecule has 1 saturated heterocycles. The number of furan rings is 1. The van der Waals surface area contributed by atoms with E-state index >= 15 is 0 Å². The fourth-order valence-electron chi connectivity index (χ4n) is 3.31. The summed E-state index contributed by atoms with van der Waals surface area (Å²) in [6, 6.07) is 3.03. The van der Waals surface area contributed by atoms with Crippen molar-refractivity contribution in [3.05, 3.63) is 35.2 Å². The minimum atomic E-state index is -0.346. The van der Waals surface area contributed by atoms with Crippen molar-refractivity contribution < 1.29 is 18.8 Å². The van der Waals surface area contributed by atoms with Crippen LogP contribution in [0.5, 0.6) is 0 Å². The van der Waals surface area contributed by atoms with Gasteiger partial charge in [-0.1, -0.05) is 6.92 Å². The molecular formula is C21H28N4O4S. The molecule has 3 amide bonds. The Morgan fingerprint density at radius 1 is 1.33 bits per heavy atom. The number of carbonyl (C=O) groups is 3. The molecule has 0 unspecified atom stereocenters. The molecule has 2 aromatic rings. The number of aromatic nitrogens is 1. The van der Waals surface area contributed by atoms with Gasteiger partial charge in [-0.25, -0.2) is 4.98 Å². The van der Waals surface area contributed by atoms with Crippen LogP contribution in [0.4, 0.5) is 5.13 Å². The lowest BCUT2D eigenvalue weighted by atomic mass is 9.99. The Hall–Kier alpha value is -2.68. The summed E-state index contributed by atoms with van der Waals surface area (Å²) >= 11 is 1.27. The van der Waals surface area contributed by atoms with E-state index in [1.165, 1.54) is 22.5 Å². The number of thiazole rings is 1. The molecule has 0 atom stereocenters. The molecule has 3 rings (SSSR count). The molecule has 0 spiro atoms. The molecule has 0 saturated carbocycles. The second-order valence-corrected chi connectivity index (χ2v) is 8.79. The lowest BCUT2D eigenvalue weighted by Gasteiger charge is -2.30. The molecule has 162 valence electrons. The minimum Gasteiger partial charge on any atom is -0.459 e. The molecular weight excluding hydrogens is 404 g/mol. The zero-order valence-corrected chi connectivity index (χ0v) is 18.4. The summed E-state index contributed by atoms with van der Waals surface area (Å²) in [4.78, 5) is 45.1. The van der Waals surface area contributed by atoms with Gasteiger partial charge >= 0.3 is 0 Å². The van der Waals surface area contributed by atoms with Crippen LogP contribution in [0.25, 0.3) is 0 Å². The first-order chi connectivity index (χ1) is 14.3. The number of anilines is 1. The van der Waals surface area contributed by atoms with Crippen LogP contribution < -0.4 is 5.32 Å².